The average molecular weight is 362 g/mol. The van der Waals surface area contributed by atoms with Crippen molar-refractivity contribution in [3.05, 3.63) is 47.7 Å². The van der Waals surface area contributed by atoms with Gasteiger partial charge in [-0.1, -0.05) is 0 Å². The van der Waals surface area contributed by atoms with E-state index in [2.05, 4.69) is 30.1 Å². The number of hydrogen-bond acceptors (Lipinski definition) is 7. The van der Waals surface area contributed by atoms with Crippen molar-refractivity contribution in [3.63, 3.8) is 0 Å². The highest BCUT2D eigenvalue weighted by molar-refractivity contribution is 5.53. The minimum absolute atomic E-state index is 0.731. The molecule has 1 aliphatic carbocycles. The van der Waals surface area contributed by atoms with Crippen LogP contribution < -0.4 is 9.80 Å². The summed E-state index contributed by atoms with van der Waals surface area (Å²) in [6.07, 6.45) is 6.99. The van der Waals surface area contributed by atoms with Crippen molar-refractivity contribution in [3.8, 4) is 5.82 Å². The summed E-state index contributed by atoms with van der Waals surface area (Å²) in [5.74, 6) is 3.67. The number of nitrogens with zero attached hydrogens (tertiary/aromatic N) is 8. The summed E-state index contributed by atoms with van der Waals surface area (Å²) >= 11 is 0. The Morgan fingerprint density at radius 2 is 1.67 bits per heavy atom. The SMILES string of the molecule is Cc1nc2c(c(N3CCN(c4ccc(-n5cccn5)nn4)CC3)n1)CCC2. The van der Waals surface area contributed by atoms with E-state index in [1.165, 1.54) is 17.7 Å². The molecule has 8 heteroatoms. The monoisotopic (exact) mass is 362 g/mol. The molecule has 138 valence electrons. The molecule has 0 radical (unpaired) electrons. The van der Waals surface area contributed by atoms with Crippen molar-refractivity contribution in [2.75, 3.05) is 36.0 Å². The number of aryl methyl sites for hydroxylation is 2. The molecule has 0 amide bonds. The van der Waals surface area contributed by atoms with Crippen LogP contribution in [0, 0.1) is 6.92 Å². The third kappa shape index (κ3) is 3.01. The van der Waals surface area contributed by atoms with Gasteiger partial charge in [0.25, 0.3) is 0 Å². The normalized spacial score (nSPS) is 16.6. The first-order valence-electron chi connectivity index (χ1n) is 9.48. The predicted molar refractivity (Wildman–Crippen MR) is 102 cm³/mol. The molecule has 0 spiro atoms. The van der Waals surface area contributed by atoms with E-state index < -0.39 is 0 Å². The van der Waals surface area contributed by atoms with Gasteiger partial charge in [0.1, 0.15) is 11.6 Å². The maximum Gasteiger partial charge on any atom is 0.175 e. The first kappa shape index (κ1) is 16.2. The summed E-state index contributed by atoms with van der Waals surface area (Å²) in [4.78, 5) is 14.1. The highest BCUT2D eigenvalue weighted by atomic mass is 15.4. The zero-order chi connectivity index (χ0) is 18.2. The average Bonchev–Trinajstić information content (AvgIpc) is 3.39. The van der Waals surface area contributed by atoms with Gasteiger partial charge in [-0.15, -0.1) is 10.2 Å². The standard InChI is InChI=1S/C19H22N8/c1-14-21-16-5-2-4-15(16)19(22-14)26-12-10-25(11-13-26)17-6-7-18(24-23-17)27-9-3-8-20-27/h3,6-9H,2,4-5,10-13H2,1H3. The molecule has 0 N–H and O–H groups in total. The van der Waals surface area contributed by atoms with E-state index in [4.69, 9.17) is 4.98 Å². The van der Waals surface area contributed by atoms with Crippen LogP contribution in [0.25, 0.3) is 5.82 Å². The lowest BCUT2D eigenvalue weighted by molar-refractivity contribution is 0.633. The van der Waals surface area contributed by atoms with Crippen molar-refractivity contribution in [1.82, 2.24) is 29.9 Å². The van der Waals surface area contributed by atoms with Crippen LogP contribution in [-0.2, 0) is 12.8 Å². The Hall–Kier alpha value is -3.03. The molecule has 1 aliphatic heterocycles. The summed E-state index contributed by atoms with van der Waals surface area (Å²) in [5.41, 5.74) is 2.61. The molecule has 8 nitrogen and oxygen atoms in total. The Kier molecular flexibility index (Phi) is 3.95. The van der Waals surface area contributed by atoms with Crippen molar-refractivity contribution in [2.45, 2.75) is 26.2 Å². The second kappa shape index (κ2) is 6.61. The number of aromatic nitrogens is 6. The Morgan fingerprint density at radius 3 is 2.41 bits per heavy atom. The maximum absolute atomic E-state index is 4.76. The van der Waals surface area contributed by atoms with Crippen LogP contribution in [0.5, 0.6) is 0 Å². The van der Waals surface area contributed by atoms with E-state index in [0.29, 0.717) is 0 Å². The lowest BCUT2D eigenvalue weighted by atomic mass is 10.2. The first-order valence-corrected chi connectivity index (χ1v) is 9.48. The van der Waals surface area contributed by atoms with Crippen LogP contribution in [0.15, 0.2) is 30.6 Å². The zero-order valence-corrected chi connectivity index (χ0v) is 15.4. The molecule has 0 bridgehead atoms. The minimum atomic E-state index is 0.731. The van der Waals surface area contributed by atoms with E-state index in [1.54, 1.807) is 10.9 Å². The first-order chi connectivity index (χ1) is 13.3. The summed E-state index contributed by atoms with van der Waals surface area (Å²) in [7, 11) is 0. The smallest absolute Gasteiger partial charge is 0.175 e. The van der Waals surface area contributed by atoms with Gasteiger partial charge in [-0.3, -0.25) is 0 Å². The molecule has 0 atom stereocenters. The van der Waals surface area contributed by atoms with Crippen LogP contribution in [-0.4, -0.2) is 56.1 Å². The molecule has 1 fully saturated rings. The molecular weight excluding hydrogens is 340 g/mol. The van der Waals surface area contributed by atoms with Crippen LogP contribution in [0.4, 0.5) is 11.6 Å². The van der Waals surface area contributed by atoms with Crippen LogP contribution in [0.1, 0.15) is 23.5 Å². The molecule has 4 heterocycles. The van der Waals surface area contributed by atoms with Gasteiger partial charge in [-0.2, -0.15) is 5.10 Å². The Morgan fingerprint density at radius 1 is 0.889 bits per heavy atom. The maximum atomic E-state index is 4.76. The Bertz CT molecular complexity index is 927. The van der Waals surface area contributed by atoms with Crippen LogP contribution in [0.3, 0.4) is 0 Å². The van der Waals surface area contributed by atoms with E-state index in [-0.39, 0.29) is 0 Å². The van der Waals surface area contributed by atoms with E-state index in [0.717, 1.165) is 62.3 Å². The van der Waals surface area contributed by atoms with Gasteiger partial charge < -0.3 is 9.80 Å². The largest absolute Gasteiger partial charge is 0.353 e. The quantitative estimate of drug-likeness (QED) is 0.700. The van der Waals surface area contributed by atoms with Gasteiger partial charge in [0.2, 0.25) is 0 Å². The third-order valence-corrected chi connectivity index (χ3v) is 5.30. The number of rotatable bonds is 3. The summed E-state index contributed by atoms with van der Waals surface area (Å²) in [6, 6.07) is 5.86. The fourth-order valence-corrected chi connectivity index (χ4v) is 3.96. The molecule has 3 aromatic rings. The van der Waals surface area contributed by atoms with Crippen molar-refractivity contribution < 1.29 is 0 Å². The van der Waals surface area contributed by atoms with Gasteiger partial charge >= 0.3 is 0 Å². The van der Waals surface area contributed by atoms with Crippen LogP contribution in [0.2, 0.25) is 0 Å². The second-order valence-corrected chi connectivity index (χ2v) is 7.05. The molecule has 1 saturated heterocycles. The van der Waals surface area contributed by atoms with Gasteiger partial charge in [-0.05, 0) is 44.4 Å². The van der Waals surface area contributed by atoms with Gasteiger partial charge in [0.15, 0.2) is 11.6 Å². The Labute approximate surface area is 157 Å². The fourth-order valence-electron chi connectivity index (χ4n) is 3.96. The molecule has 27 heavy (non-hydrogen) atoms. The highest BCUT2D eigenvalue weighted by Crippen LogP contribution is 2.29. The molecule has 0 saturated carbocycles. The number of fused-ring (bicyclic) bond motifs is 1. The van der Waals surface area contributed by atoms with Crippen molar-refractivity contribution in [2.24, 2.45) is 0 Å². The van der Waals surface area contributed by atoms with Crippen LogP contribution >= 0.6 is 0 Å². The topological polar surface area (TPSA) is 75.9 Å². The minimum Gasteiger partial charge on any atom is -0.353 e. The molecular formula is C19H22N8. The van der Waals surface area contributed by atoms with E-state index in [9.17, 15) is 0 Å². The summed E-state index contributed by atoms with van der Waals surface area (Å²) in [5, 5.41) is 12.9. The molecule has 3 aromatic heterocycles. The van der Waals surface area contributed by atoms with Gasteiger partial charge in [0.05, 0.1) is 0 Å². The zero-order valence-electron chi connectivity index (χ0n) is 15.4. The molecule has 0 unspecified atom stereocenters. The third-order valence-electron chi connectivity index (χ3n) is 5.30. The summed E-state index contributed by atoms with van der Waals surface area (Å²) < 4.78 is 1.72. The highest BCUT2D eigenvalue weighted by Gasteiger charge is 2.25. The number of anilines is 2. The van der Waals surface area contributed by atoms with Crippen molar-refractivity contribution in [1.29, 1.82) is 0 Å². The summed E-state index contributed by atoms with van der Waals surface area (Å²) in [6.45, 7) is 5.69. The molecule has 0 aromatic carbocycles. The number of piperazine rings is 1. The predicted octanol–water partition coefficient (Wildman–Crippen LogP) is 1.58. The lowest BCUT2D eigenvalue weighted by Crippen LogP contribution is -2.47. The number of hydrogen-bond donors (Lipinski definition) is 0. The Balaban J connectivity index is 1.30. The fraction of sp³-hybridized carbons (Fsp3) is 0.421. The second-order valence-electron chi connectivity index (χ2n) is 7.05. The van der Waals surface area contributed by atoms with E-state index >= 15 is 0 Å². The van der Waals surface area contributed by atoms with Gasteiger partial charge in [0, 0.05) is 49.8 Å². The van der Waals surface area contributed by atoms with Gasteiger partial charge in [-0.25, -0.2) is 14.6 Å². The van der Waals surface area contributed by atoms with Crippen molar-refractivity contribution >= 4 is 11.6 Å². The lowest BCUT2D eigenvalue weighted by Gasteiger charge is -2.36. The molecule has 5 rings (SSSR count). The molecule has 2 aliphatic rings. The van der Waals surface area contributed by atoms with E-state index in [1.807, 2.05) is 31.3 Å².